The van der Waals surface area contributed by atoms with Crippen molar-refractivity contribution < 1.29 is 22.7 Å². The Bertz CT molecular complexity index is 907. The van der Waals surface area contributed by atoms with Crippen LogP contribution in [0.25, 0.3) is 0 Å². The zero-order valence-corrected chi connectivity index (χ0v) is 15.1. The van der Waals surface area contributed by atoms with Gasteiger partial charge in [0.2, 0.25) is 0 Å². The van der Waals surface area contributed by atoms with Gasteiger partial charge in [0, 0.05) is 11.8 Å². The lowest BCUT2D eigenvalue weighted by Crippen LogP contribution is -2.13. The number of halogens is 1. The maximum Gasteiger partial charge on any atom is 0.337 e. The molecule has 25 heavy (non-hydrogen) atoms. The van der Waals surface area contributed by atoms with E-state index in [-0.39, 0.29) is 22.0 Å². The van der Waals surface area contributed by atoms with Crippen LogP contribution in [0.4, 0.5) is 5.69 Å². The van der Waals surface area contributed by atoms with E-state index in [2.05, 4.69) is 10.1 Å². The van der Waals surface area contributed by atoms with Gasteiger partial charge < -0.3 is 10.1 Å². The molecule has 132 valence electrons. The molecule has 0 aliphatic rings. The standard InChI is InChI=1S/C17H16ClNO5S/c1-24-17(21)13-7-8-14(18)15(9-13)19-16(20)12-5-3-11(4-6-12)10-25(2,22)23/h3-9H,10H2,1-2H3,(H,19,20). The lowest BCUT2D eigenvalue weighted by molar-refractivity contribution is 0.0600. The molecule has 2 aromatic rings. The highest BCUT2D eigenvalue weighted by molar-refractivity contribution is 7.89. The van der Waals surface area contributed by atoms with E-state index in [4.69, 9.17) is 11.6 Å². The van der Waals surface area contributed by atoms with E-state index >= 15 is 0 Å². The Labute approximate surface area is 150 Å². The summed E-state index contributed by atoms with van der Waals surface area (Å²) in [6, 6.07) is 10.6. The van der Waals surface area contributed by atoms with Crippen LogP contribution in [-0.4, -0.2) is 33.7 Å². The molecule has 0 saturated carbocycles. The van der Waals surface area contributed by atoms with Crippen LogP contribution in [0.15, 0.2) is 42.5 Å². The Kier molecular flexibility index (Phi) is 5.81. The Morgan fingerprint density at radius 3 is 2.24 bits per heavy atom. The molecule has 1 amide bonds. The molecule has 1 N–H and O–H groups in total. The normalized spacial score (nSPS) is 11.0. The van der Waals surface area contributed by atoms with Gasteiger partial charge in [0.25, 0.3) is 5.91 Å². The van der Waals surface area contributed by atoms with Gasteiger partial charge in [0.1, 0.15) is 0 Å². The molecule has 0 heterocycles. The van der Waals surface area contributed by atoms with Crippen molar-refractivity contribution in [2.75, 3.05) is 18.7 Å². The van der Waals surface area contributed by atoms with Crippen molar-refractivity contribution >= 4 is 39.0 Å². The van der Waals surface area contributed by atoms with Crippen LogP contribution in [0.2, 0.25) is 5.02 Å². The number of sulfone groups is 1. The van der Waals surface area contributed by atoms with Gasteiger partial charge in [-0.15, -0.1) is 0 Å². The molecule has 0 unspecified atom stereocenters. The third-order valence-corrected chi connectivity index (χ3v) is 4.47. The van der Waals surface area contributed by atoms with Gasteiger partial charge in [-0.25, -0.2) is 13.2 Å². The SMILES string of the molecule is COC(=O)c1ccc(Cl)c(NC(=O)c2ccc(CS(C)(=O)=O)cc2)c1. The fourth-order valence-electron chi connectivity index (χ4n) is 2.12. The first-order valence-corrected chi connectivity index (χ1v) is 9.59. The number of carbonyl (C=O) groups is 2. The molecule has 0 radical (unpaired) electrons. The summed E-state index contributed by atoms with van der Waals surface area (Å²) in [6.45, 7) is 0. The van der Waals surface area contributed by atoms with Crippen LogP contribution in [0.5, 0.6) is 0 Å². The Balaban J connectivity index is 2.18. The molecule has 6 nitrogen and oxygen atoms in total. The van der Waals surface area contributed by atoms with Crippen LogP contribution in [0.1, 0.15) is 26.3 Å². The highest BCUT2D eigenvalue weighted by atomic mass is 35.5. The first-order valence-electron chi connectivity index (χ1n) is 7.15. The number of ether oxygens (including phenoxy) is 1. The average molecular weight is 382 g/mol. The third kappa shape index (κ3) is 5.30. The van der Waals surface area contributed by atoms with Crippen LogP contribution in [0.3, 0.4) is 0 Å². The Morgan fingerprint density at radius 1 is 1.08 bits per heavy atom. The fraction of sp³-hybridized carbons (Fsp3) is 0.176. The van der Waals surface area contributed by atoms with Crippen molar-refractivity contribution in [3.63, 3.8) is 0 Å². The molecule has 0 aromatic heterocycles. The smallest absolute Gasteiger partial charge is 0.337 e. The first-order chi connectivity index (χ1) is 11.7. The highest BCUT2D eigenvalue weighted by Crippen LogP contribution is 2.24. The molecule has 0 spiro atoms. The minimum Gasteiger partial charge on any atom is -0.465 e. The fourth-order valence-corrected chi connectivity index (χ4v) is 3.08. The van der Waals surface area contributed by atoms with Gasteiger partial charge in [-0.2, -0.15) is 0 Å². The predicted octanol–water partition coefficient (Wildman–Crippen LogP) is 2.92. The number of amides is 1. The first kappa shape index (κ1) is 19.0. The van der Waals surface area contributed by atoms with E-state index in [1.807, 2.05) is 0 Å². The zero-order valence-electron chi connectivity index (χ0n) is 13.6. The Morgan fingerprint density at radius 2 is 1.68 bits per heavy atom. The second-order valence-corrected chi connectivity index (χ2v) is 7.95. The molecule has 8 heteroatoms. The van der Waals surface area contributed by atoms with Gasteiger partial charge in [-0.3, -0.25) is 4.79 Å². The van der Waals surface area contributed by atoms with E-state index in [9.17, 15) is 18.0 Å². The summed E-state index contributed by atoms with van der Waals surface area (Å²) in [4.78, 5) is 23.9. The molecule has 0 bridgehead atoms. The number of hydrogen-bond donors (Lipinski definition) is 1. The summed E-state index contributed by atoms with van der Waals surface area (Å²) in [7, 11) is -1.88. The van der Waals surface area contributed by atoms with Crippen LogP contribution >= 0.6 is 11.6 Å². The highest BCUT2D eigenvalue weighted by Gasteiger charge is 2.13. The number of nitrogens with one attached hydrogen (secondary N) is 1. The number of rotatable bonds is 5. The predicted molar refractivity (Wildman–Crippen MR) is 95.7 cm³/mol. The molecule has 2 aromatic carbocycles. The van der Waals surface area contributed by atoms with Crippen molar-refractivity contribution in [1.82, 2.24) is 0 Å². The zero-order chi connectivity index (χ0) is 18.6. The van der Waals surface area contributed by atoms with E-state index < -0.39 is 21.7 Å². The molecular weight excluding hydrogens is 366 g/mol. The second-order valence-electron chi connectivity index (χ2n) is 5.41. The van der Waals surface area contributed by atoms with Gasteiger partial charge in [-0.05, 0) is 35.9 Å². The van der Waals surface area contributed by atoms with Crippen molar-refractivity contribution in [3.8, 4) is 0 Å². The summed E-state index contributed by atoms with van der Waals surface area (Å²) >= 11 is 6.04. The number of benzene rings is 2. The topological polar surface area (TPSA) is 89.5 Å². The number of anilines is 1. The van der Waals surface area contributed by atoms with Crippen LogP contribution in [-0.2, 0) is 20.3 Å². The van der Waals surface area contributed by atoms with Crippen molar-refractivity contribution in [2.24, 2.45) is 0 Å². The van der Waals surface area contributed by atoms with Gasteiger partial charge >= 0.3 is 5.97 Å². The number of esters is 1. The third-order valence-electron chi connectivity index (χ3n) is 3.28. The molecule has 0 atom stereocenters. The quantitative estimate of drug-likeness (QED) is 0.804. The van der Waals surface area contributed by atoms with Gasteiger partial charge in [0.05, 0.1) is 29.1 Å². The minimum atomic E-state index is -3.14. The summed E-state index contributed by atoms with van der Waals surface area (Å²) in [6.07, 6.45) is 1.14. The van der Waals surface area contributed by atoms with Crippen LogP contribution in [0, 0.1) is 0 Å². The van der Waals surface area contributed by atoms with E-state index in [1.165, 1.54) is 37.4 Å². The van der Waals surface area contributed by atoms with Crippen molar-refractivity contribution in [3.05, 3.63) is 64.2 Å². The van der Waals surface area contributed by atoms with Gasteiger partial charge in [0.15, 0.2) is 9.84 Å². The maximum atomic E-state index is 12.3. The maximum absolute atomic E-state index is 12.3. The average Bonchev–Trinajstić information content (AvgIpc) is 2.55. The number of hydrogen-bond acceptors (Lipinski definition) is 5. The molecular formula is C17H16ClNO5S. The molecule has 0 saturated heterocycles. The summed E-state index contributed by atoms with van der Waals surface area (Å²) in [5.41, 5.74) is 1.45. The number of methoxy groups -OCH3 is 1. The van der Waals surface area contributed by atoms with E-state index in [0.29, 0.717) is 11.1 Å². The summed E-state index contributed by atoms with van der Waals surface area (Å²) in [5.74, 6) is -1.07. The van der Waals surface area contributed by atoms with Crippen LogP contribution < -0.4 is 5.32 Å². The minimum absolute atomic E-state index is 0.0953. The Hall–Kier alpha value is -2.38. The summed E-state index contributed by atoms with van der Waals surface area (Å²) in [5, 5.41) is 2.89. The molecule has 2 rings (SSSR count). The van der Waals surface area contributed by atoms with E-state index in [0.717, 1.165) is 6.26 Å². The van der Waals surface area contributed by atoms with Crippen molar-refractivity contribution in [1.29, 1.82) is 0 Å². The number of carbonyl (C=O) groups excluding carboxylic acids is 2. The molecule has 0 aliphatic carbocycles. The molecule has 0 aliphatic heterocycles. The molecule has 0 fully saturated rings. The largest absolute Gasteiger partial charge is 0.465 e. The summed E-state index contributed by atoms with van der Waals surface area (Å²) < 4.78 is 27.2. The van der Waals surface area contributed by atoms with E-state index in [1.54, 1.807) is 12.1 Å². The lowest BCUT2D eigenvalue weighted by Gasteiger charge is -2.09. The lowest BCUT2D eigenvalue weighted by atomic mass is 10.1. The second kappa shape index (κ2) is 7.67. The monoisotopic (exact) mass is 381 g/mol. The van der Waals surface area contributed by atoms with Crippen molar-refractivity contribution in [2.45, 2.75) is 5.75 Å². The van der Waals surface area contributed by atoms with Gasteiger partial charge in [-0.1, -0.05) is 23.7 Å².